The standard InChI is InChI=1S/C16H19F2NO3.C10H11BrO/c1-2-10-3-5-11(6-4-10)15(20)19-12-7-8-13-14(9-12)22-16(17,18)21-13;1-3-8-9(7(2)12)5-4-6-10(8)11/h7-11H,2-6H2,1H3,(H,19,20);4-6H,3H2,1-2H3. The van der Waals surface area contributed by atoms with Gasteiger partial charge in [-0.05, 0) is 68.7 Å². The molecule has 0 spiro atoms. The molecule has 0 unspecified atom stereocenters. The molecular weight excluding hydrogens is 508 g/mol. The minimum atomic E-state index is -3.64. The zero-order chi connectivity index (χ0) is 24.9. The molecule has 8 heteroatoms. The molecule has 2 aromatic rings. The smallest absolute Gasteiger partial charge is 0.395 e. The van der Waals surface area contributed by atoms with Crippen LogP contribution in [0.5, 0.6) is 11.5 Å². The molecule has 184 valence electrons. The zero-order valence-electron chi connectivity index (χ0n) is 19.6. The first kappa shape index (κ1) is 26.1. The van der Waals surface area contributed by atoms with Crippen molar-refractivity contribution in [2.24, 2.45) is 11.8 Å². The lowest BCUT2D eigenvalue weighted by Crippen LogP contribution is -2.27. The summed E-state index contributed by atoms with van der Waals surface area (Å²) < 4.78 is 35.7. The Balaban J connectivity index is 0.000000229. The molecule has 2 aliphatic rings. The lowest BCUT2D eigenvalue weighted by Gasteiger charge is -2.26. The molecule has 1 amide bonds. The van der Waals surface area contributed by atoms with Gasteiger partial charge >= 0.3 is 6.29 Å². The van der Waals surface area contributed by atoms with Gasteiger partial charge in [0, 0.05) is 27.7 Å². The SMILES string of the molecule is CCC1CCC(C(=O)Nc2ccc3c(c2)OC(F)(F)O3)CC1.CCc1c(Br)cccc1C(C)=O. The summed E-state index contributed by atoms with van der Waals surface area (Å²) in [6.07, 6.45) is 2.31. The average molecular weight is 538 g/mol. The van der Waals surface area contributed by atoms with Crippen molar-refractivity contribution >= 4 is 33.3 Å². The molecule has 5 nitrogen and oxygen atoms in total. The zero-order valence-corrected chi connectivity index (χ0v) is 21.2. The second-order valence-corrected chi connectivity index (χ2v) is 9.47. The van der Waals surface area contributed by atoms with Gasteiger partial charge in [0.25, 0.3) is 0 Å². The second kappa shape index (κ2) is 11.3. The number of ether oxygens (including phenoxy) is 2. The number of ketones is 1. The van der Waals surface area contributed by atoms with E-state index in [9.17, 15) is 18.4 Å². The Morgan fingerprint density at radius 2 is 1.74 bits per heavy atom. The maximum Gasteiger partial charge on any atom is 0.586 e. The number of fused-ring (bicyclic) bond motifs is 1. The van der Waals surface area contributed by atoms with Gasteiger partial charge in [0.15, 0.2) is 17.3 Å². The molecule has 1 aliphatic heterocycles. The largest absolute Gasteiger partial charge is 0.586 e. The van der Waals surface area contributed by atoms with Crippen molar-refractivity contribution in [2.75, 3.05) is 5.32 Å². The maximum atomic E-state index is 13.0. The fourth-order valence-electron chi connectivity index (χ4n) is 4.35. The number of anilines is 1. The highest BCUT2D eigenvalue weighted by Gasteiger charge is 2.43. The van der Waals surface area contributed by atoms with Crippen LogP contribution < -0.4 is 14.8 Å². The van der Waals surface area contributed by atoms with Gasteiger partial charge in [-0.1, -0.05) is 48.3 Å². The van der Waals surface area contributed by atoms with Crippen molar-refractivity contribution < 1.29 is 27.8 Å². The van der Waals surface area contributed by atoms with Crippen molar-refractivity contribution in [3.8, 4) is 11.5 Å². The molecule has 1 saturated carbocycles. The van der Waals surface area contributed by atoms with E-state index in [0.717, 1.165) is 60.0 Å². The summed E-state index contributed by atoms with van der Waals surface area (Å²) in [4.78, 5) is 23.4. The van der Waals surface area contributed by atoms with Crippen molar-refractivity contribution in [1.29, 1.82) is 0 Å². The Labute approximate surface area is 207 Å². The van der Waals surface area contributed by atoms with Crippen molar-refractivity contribution in [3.63, 3.8) is 0 Å². The molecule has 0 bridgehead atoms. The third-order valence-electron chi connectivity index (χ3n) is 6.32. The Morgan fingerprint density at radius 1 is 1.06 bits per heavy atom. The van der Waals surface area contributed by atoms with E-state index in [1.54, 1.807) is 13.0 Å². The fourth-order valence-corrected chi connectivity index (χ4v) is 5.00. The summed E-state index contributed by atoms with van der Waals surface area (Å²) in [7, 11) is 0. The maximum absolute atomic E-state index is 13.0. The first-order valence-corrected chi connectivity index (χ1v) is 12.4. The number of Topliss-reactive ketones (excluding diaryl/α,β-unsaturated/α-hetero) is 1. The molecule has 4 rings (SSSR count). The molecule has 0 aromatic heterocycles. The Hall–Kier alpha value is -2.48. The Bertz CT molecular complexity index is 1040. The first-order chi connectivity index (χ1) is 16.1. The molecule has 1 N–H and O–H groups in total. The monoisotopic (exact) mass is 537 g/mol. The third kappa shape index (κ3) is 6.56. The van der Waals surface area contributed by atoms with E-state index < -0.39 is 6.29 Å². The number of carbonyl (C=O) groups is 2. The van der Waals surface area contributed by atoms with Crippen molar-refractivity contribution in [2.45, 2.75) is 65.6 Å². The summed E-state index contributed by atoms with van der Waals surface area (Å²) in [6, 6.07) is 10.0. The average Bonchev–Trinajstić information content (AvgIpc) is 3.12. The molecule has 1 fully saturated rings. The van der Waals surface area contributed by atoms with Gasteiger partial charge in [0.1, 0.15) is 0 Å². The number of benzene rings is 2. The molecule has 2 aromatic carbocycles. The molecule has 0 saturated heterocycles. The van der Waals surface area contributed by atoms with E-state index in [-0.39, 0.29) is 29.1 Å². The van der Waals surface area contributed by atoms with E-state index in [1.807, 2.05) is 25.1 Å². The van der Waals surface area contributed by atoms with Gasteiger partial charge in [0.2, 0.25) is 5.91 Å². The van der Waals surface area contributed by atoms with Gasteiger partial charge < -0.3 is 14.8 Å². The van der Waals surface area contributed by atoms with Crippen LogP contribution in [0.15, 0.2) is 40.9 Å². The highest BCUT2D eigenvalue weighted by atomic mass is 79.9. The van der Waals surface area contributed by atoms with Crippen LogP contribution in [-0.4, -0.2) is 18.0 Å². The number of alkyl halides is 2. The van der Waals surface area contributed by atoms with E-state index >= 15 is 0 Å². The molecule has 0 atom stereocenters. The van der Waals surface area contributed by atoms with E-state index in [1.165, 1.54) is 12.1 Å². The highest BCUT2D eigenvalue weighted by Crippen LogP contribution is 2.42. The lowest BCUT2D eigenvalue weighted by atomic mass is 9.80. The number of hydrogen-bond acceptors (Lipinski definition) is 4. The minimum Gasteiger partial charge on any atom is -0.395 e. The molecular formula is C26H30BrF2NO4. The first-order valence-electron chi connectivity index (χ1n) is 11.6. The second-order valence-electron chi connectivity index (χ2n) is 8.62. The summed E-state index contributed by atoms with van der Waals surface area (Å²) in [5.41, 5.74) is 2.37. The molecule has 1 heterocycles. The van der Waals surface area contributed by atoms with Crippen LogP contribution in [0.2, 0.25) is 0 Å². The van der Waals surface area contributed by atoms with Gasteiger partial charge in [-0.3, -0.25) is 9.59 Å². The normalized spacial score (nSPS) is 20.2. The van der Waals surface area contributed by atoms with E-state index in [0.29, 0.717) is 5.69 Å². The highest BCUT2D eigenvalue weighted by molar-refractivity contribution is 9.10. The van der Waals surface area contributed by atoms with Crippen LogP contribution in [0, 0.1) is 11.8 Å². The van der Waals surface area contributed by atoms with E-state index in [4.69, 9.17) is 0 Å². The third-order valence-corrected chi connectivity index (χ3v) is 7.06. The summed E-state index contributed by atoms with van der Waals surface area (Å²) in [6.45, 7) is 5.82. The molecule has 1 aliphatic carbocycles. The number of nitrogens with one attached hydrogen (secondary N) is 1. The summed E-state index contributed by atoms with van der Waals surface area (Å²) in [5.74, 6) is 0.712. The summed E-state index contributed by atoms with van der Waals surface area (Å²) >= 11 is 3.42. The number of hydrogen-bond donors (Lipinski definition) is 1. The molecule has 34 heavy (non-hydrogen) atoms. The lowest BCUT2D eigenvalue weighted by molar-refractivity contribution is -0.286. The van der Waals surface area contributed by atoms with Crippen LogP contribution >= 0.6 is 15.9 Å². The number of halogens is 3. The van der Waals surface area contributed by atoms with Gasteiger partial charge in [0.05, 0.1) is 0 Å². The Kier molecular flexibility index (Phi) is 8.68. The number of carbonyl (C=O) groups excluding carboxylic acids is 2. The van der Waals surface area contributed by atoms with Crippen LogP contribution in [0.4, 0.5) is 14.5 Å². The minimum absolute atomic E-state index is 0.00494. The van der Waals surface area contributed by atoms with Crippen LogP contribution in [-0.2, 0) is 11.2 Å². The number of rotatable bonds is 5. The van der Waals surface area contributed by atoms with Gasteiger partial charge in [-0.15, -0.1) is 8.78 Å². The molecule has 0 radical (unpaired) electrons. The van der Waals surface area contributed by atoms with E-state index in [2.05, 4.69) is 37.6 Å². The van der Waals surface area contributed by atoms with Crippen LogP contribution in [0.25, 0.3) is 0 Å². The predicted molar refractivity (Wildman–Crippen MR) is 131 cm³/mol. The Morgan fingerprint density at radius 3 is 2.32 bits per heavy atom. The fraction of sp³-hybridized carbons (Fsp3) is 0.462. The van der Waals surface area contributed by atoms with Crippen LogP contribution in [0.3, 0.4) is 0 Å². The van der Waals surface area contributed by atoms with Crippen LogP contribution in [0.1, 0.15) is 68.8 Å². The summed E-state index contributed by atoms with van der Waals surface area (Å²) in [5, 5.41) is 2.78. The van der Waals surface area contributed by atoms with Gasteiger partial charge in [-0.2, -0.15) is 0 Å². The number of amides is 1. The topological polar surface area (TPSA) is 64.6 Å². The van der Waals surface area contributed by atoms with Crippen molar-refractivity contribution in [3.05, 3.63) is 52.0 Å². The predicted octanol–water partition coefficient (Wildman–Crippen LogP) is 7.38. The van der Waals surface area contributed by atoms with Crippen molar-refractivity contribution in [1.82, 2.24) is 0 Å². The quantitative estimate of drug-likeness (QED) is 0.404. The van der Waals surface area contributed by atoms with Gasteiger partial charge in [-0.25, -0.2) is 0 Å².